The number of hydrogen-bond acceptors (Lipinski definition) is 13. The number of hydrogen-bond donors (Lipinski definition) is 9. The van der Waals surface area contributed by atoms with E-state index in [4.69, 9.17) is 32.2 Å². The molecule has 1 saturated heterocycles. The molecule has 0 bridgehead atoms. The smallest absolute Gasteiger partial charge is 0.320 e. The number of nitrogen functional groups attached to an aromatic ring is 1. The van der Waals surface area contributed by atoms with E-state index in [9.17, 15) is 19.8 Å². The first-order valence-corrected chi connectivity index (χ1v) is 13.0. The molecule has 2 aromatic rings. The van der Waals surface area contributed by atoms with Crippen molar-refractivity contribution in [2.24, 2.45) is 11.5 Å². The molecule has 39 heavy (non-hydrogen) atoms. The molecule has 12 N–H and O–H groups in total. The van der Waals surface area contributed by atoms with Gasteiger partial charge in [0.05, 0.1) is 12.4 Å². The van der Waals surface area contributed by atoms with Gasteiger partial charge in [-0.15, -0.1) is 0 Å². The topological polar surface area (TPSA) is 270 Å². The number of anilines is 1. The SMILES string of the molecule is Nc1ncnc2c1ncn2C1OC(CC(CCC(N)C(=O)O)NCCNCCCCC(N)C(=O)O)C(O)C1O. The fourth-order valence-electron chi connectivity index (χ4n) is 4.53. The Hall–Kier alpha value is -2.99. The summed E-state index contributed by atoms with van der Waals surface area (Å²) < 4.78 is 7.53. The molecule has 1 aliphatic heterocycles. The van der Waals surface area contributed by atoms with Gasteiger partial charge in [0.25, 0.3) is 0 Å². The molecule has 16 nitrogen and oxygen atoms in total. The van der Waals surface area contributed by atoms with Gasteiger partial charge in [0.15, 0.2) is 17.7 Å². The fraction of sp³-hybridized carbons (Fsp3) is 0.696. The average Bonchev–Trinajstić information content (AvgIpc) is 3.45. The second kappa shape index (κ2) is 14.4. The van der Waals surface area contributed by atoms with Crippen LogP contribution in [0.25, 0.3) is 11.2 Å². The Morgan fingerprint density at radius 2 is 1.69 bits per heavy atom. The fourth-order valence-corrected chi connectivity index (χ4v) is 4.53. The van der Waals surface area contributed by atoms with Crippen molar-refractivity contribution in [3.8, 4) is 0 Å². The molecule has 1 fully saturated rings. The molecule has 0 spiro atoms. The van der Waals surface area contributed by atoms with Gasteiger partial charge in [-0.25, -0.2) is 15.0 Å². The van der Waals surface area contributed by atoms with Crippen molar-refractivity contribution in [2.45, 2.75) is 81.2 Å². The minimum Gasteiger partial charge on any atom is -0.480 e. The number of aliphatic carboxylic acids is 2. The van der Waals surface area contributed by atoms with E-state index < -0.39 is 48.6 Å². The van der Waals surface area contributed by atoms with E-state index in [1.807, 2.05) is 0 Å². The lowest BCUT2D eigenvalue weighted by Gasteiger charge is -2.24. The molecule has 7 unspecified atom stereocenters. The van der Waals surface area contributed by atoms with Crippen LogP contribution >= 0.6 is 0 Å². The van der Waals surface area contributed by atoms with Crippen LogP contribution in [0.4, 0.5) is 5.82 Å². The van der Waals surface area contributed by atoms with Gasteiger partial charge < -0.3 is 53.0 Å². The Bertz CT molecular complexity index is 1090. The number of aliphatic hydroxyl groups excluding tert-OH is 2. The highest BCUT2D eigenvalue weighted by Crippen LogP contribution is 2.34. The van der Waals surface area contributed by atoms with Gasteiger partial charge in [-0.1, -0.05) is 6.42 Å². The maximum absolute atomic E-state index is 11.2. The van der Waals surface area contributed by atoms with Gasteiger partial charge in [-0.3, -0.25) is 14.2 Å². The van der Waals surface area contributed by atoms with E-state index in [2.05, 4.69) is 25.6 Å². The molecule has 218 valence electrons. The summed E-state index contributed by atoms with van der Waals surface area (Å²) in [7, 11) is 0. The first-order valence-electron chi connectivity index (χ1n) is 13.0. The summed E-state index contributed by atoms with van der Waals surface area (Å²) in [6, 6.07) is -2.14. The summed E-state index contributed by atoms with van der Waals surface area (Å²) in [5, 5.41) is 46.1. The Kier molecular flexibility index (Phi) is 11.3. The summed E-state index contributed by atoms with van der Waals surface area (Å²) in [5.41, 5.74) is 17.8. The molecular formula is C23H39N9O7. The van der Waals surface area contributed by atoms with Gasteiger partial charge >= 0.3 is 11.9 Å². The number of carboxylic acid groups (broad SMARTS) is 2. The lowest BCUT2D eigenvalue weighted by Crippen LogP contribution is -2.42. The molecule has 2 aromatic heterocycles. The third-order valence-electron chi connectivity index (χ3n) is 6.83. The van der Waals surface area contributed by atoms with Gasteiger partial charge in [-0.2, -0.15) is 0 Å². The van der Waals surface area contributed by atoms with Crippen LogP contribution in [0.5, 0.6) is 0 Å². The van der Waals surface area contributed by atoms with Gasteiger partial charge in [0, 0.05) is 19.1 Å². The quantitative estimate of drug-likeness (QED) is 0.0935. The van der Waals surface area contributed by atoms with Crippen molar-refractivity contribution in [1.82, 2.24) is 30.2 Å². The first-order chi connectivity index (χ1) is 18.6. The minimum atomic E-state index is -1.26. The summed E-state index contributed by atoms with van der Waals surface area (Å²) in [6.07, 6.45) is 1.29. The van der Waals surface area contributed by atoms with Crippen LogP contribution in [0.1, 0.15) is 44.8 Å². The largest absolute Gasteiger partial charge is 0.480 e. The molecule has 3 heterocycles. The average molecular weight is 554 g/mol. The Morgan fingerprint density at radius 1 is 0.974 bits per heavy atom. The lowest BCUT2D eigenvalue weighted by atomic mass is 9.98. The molecular weight excluding hydrogens is 514 g/mol. The van der Waals surface area contributed by atoms with Crippen LogP contribution in [0.15, 0.2) is 12.7 Å². The highest BCUT2D eigenvalue weighted by molar-refractivity contribution is 5.81. The number of rotatable bonds is 17. The predicted molar refractivity (Wildman–Crippen MR) is 139 cm³/mol. The van der Waals surface area contributed by atoms with Crippen molar-refractivity contribution < 1.29 is 34.8 Å². The lowest BCUT2D eigenvalue weighted by molar-refractivity contribution is -0.139. The maximum atomic E-state index is 11.2. The van der Waals surface area contributed by atoms with Crippen LogP contribution in [0, 0.1) is 0 Å². The molecule has 3 rings (SSSR count). The Labute approximate surface area is 224 Å². The zero-order valence-corrected chi connectivity index (χ0v) is 21.6. The molecule has 0 aliphatic carbocycles. The van der Waals surface area contributed by atoms with Crippen molar-refractivity contribution in [3.05, 3.63) is 12.7 Å². The highest BCUT2D eigenvalue weighted by atomic mass is 16.6. The third kappa shape index (κ3) is 8.25. The molecule has 0 saturated carbocycles. The van der Waals surface area contributed by atoms with Crippen LogP contribution in [0.3, 0.4) is 0 Å². The summed E-state index contributed by atoms with van der Waals surface area (Å²) in [6.45, 7) is 1.83. The number of nitrogens with one attached hydrogen (secondary N) is 2. The van der Waals surface area contributed by atoms with Crippen LogP contribution in [-0.2, 0) is 14.3 Å². The summed E-state index contributed by atoms with van der Waals surface area (Å²) in [5.74, 6) is -1.92. The standard InChI is InChI=1S/C23H39N9O7/c24-13(22(35)36)3-1-2-6-27-7-8-28-12(4-5-14(25)23(37)38)9-15-17(33)18(34)21(39-15)32-11-31-16-19(26)29-10-30-20(16)32/h10-15,17-18,21,27-28,33-34H,1-9,24-25H2,(H,35,36)(H,37,38)(H2,26,29,30). The van der Waals surface area contributed by atoms with Crippen LogP contribution in [-0.4, -0.2) is 108 Å². The number of nitrogens with two attached hydrogens (primary N) is 3. The van der Waals surface area contributed by atoms with Crippen molar-refractivity contribution in [3.63, 3.8) is 0 Å². The normalized spacial score (nSPS) is 23.6. The van der Waals surface area contributed by atoms with Crippen LogP contribution < -0.4 is 27.8 Å². The maximum Gasteiger partial charge on any atom is 0.320 e. The highest BCUT2D eigenvalue weighted by Gasteiger charge is 2.45. The van der Waals surface area contributed by atoms with E-state index in [1.165, 1.54) is 17.2 Å². The van der Waals surface area contributed by atoms with Crippen molar-refractivity contribution >= 4 is 28.9 Å². The number of fused-ring (bicyclic) bond motifs is 1. The molecule has 1 aliphatic rings. The van der Waals surface area contributed by atoms with Crippen LogP contribution in [0.2, 0.25) is 0 Å². The number of nitrogens with zero attached hydrogens (tertiary/aromatic N) is 4. The zero-order valence-electron chi connectivity index (χ0n) is 21.6. The first kappa shape index (κ1) is 30.6. The summed E-state index contributed by atoms with van der Waals surface area (Å²) >= 11 is 0. The van der Waals surface area contributed by atoms with E-state index >= 15 is 0 Å². The molecule has 0 aromatic carbocycles. The summed E-state index contributed by atoms with van der Waals surface area (Å²) in [4.78, 5) is 34.2. The van der Waals surface area contributed by atoms with Gasteiger partial charge in [0.1, 0.15) is 36.1 Å². The predicted octanol–water partition coefficient (Wildman–Crippen LogP) is -2.26. The Morgan fingerprint density at radius 3 is 2.41 bits per heavy atom. The van der Waals surface area contributed by atoms with E-state index in [0.717, 1.165) is 6.42 Å². The molecule has 7 atom stereocenters. The zero-order chi connectivity index (χ0) is 28.5. The molecule has 16 heteroatoms. The number of unbranched alkanes of at least 4 members (excludes halogenated alkanes) is 1. The van der Waals surface area contributed by atoms with Gasteiger partial charge in [-0.05, 0) is 38.6 Å². The van der Waals surface area contributed by atoms with E-state index in [0.29, 0.717) is 50.1 Å². The van der Waals surface area contributed by atoms with E-state index in [-0.39, 0.29) is 24.7 Å². The second-order valence-electron chi connectivity index (χ2n) is 9.73. The monoisotopic (exact) mass is 553 g/mol. The Balaban J connectivity index is 1.54. The number of carbonyl (C=O) groups is 2. The third-order valence-corrected chi connectivity index (χ3v) is 6.83. The number of imidazole rings is 1. The second-order valence-corrected chi connectivity index (χ2v) is 9.73. The number of ether oxygens (including phenoxy) is 1. The molecule has 0 radical (unpaired) electrons. The minimum absolute atomic E-state index is 0.180. The van der Waals surface area contributed by atoms with Crippen molar-refractivity contribution in [2.75, 3.05) is 25.4 Å². The number of aliphatic hydroxyl groups is 2. The number of carboxylic acids is 2. The van der Waals surface area contributed by atoms with Crippen molar-refractivity contribution in [1.29, 1.82) is 0 Å². The van der Waals surface area contributed by atoms with Gasteiger partial charge in [0.2, 0.25) is 0 Å². The van der Waals surface area contributed by atoms with E-state index in [1.54, 1.807) is 0 Å². The number of aromatic nitrogens is 4. The molecule has 0 amide bonds.